The van der Waals surface area contributed by atoms with Gasteiger partial charge in [-0.15, -0.1) is 0 Å². The molecule has 3 heterocycles. The van der Waals surface area contributed by atoms with Crippen LogP contribution in [0.1, 0.15) is 31.8 Å². The Kier molecular flexibility index (Phi) is 5.25. The number of rotatable bonds is 7. The Labute approximate surface area is 219 Å². The zero-order valence-corrected chi connectivity index (χ0v) is 20.8. The van der Waals surface area contributed by atoms with Crippen LogP contribution in [-0.2, 0) is 12.8 Å². The minimum Gasteiger partial charge on any atom is -0.384 e. The highest BCUT2D eigenvalue weighted by Crippen LogP contribution is 2.35. The molecule has 7 rings (SSSR count). The summed E-state index contributed by atoms with van der Waals surface area (Å²) in [5, 5.41) is 7.53. The van der Waals surface area contributed by atoms with Crippen LogP contribution in [0.15, 0.2) is 91.3 Å². The number of nitrogens with zero attached hydrogens (tertiary/aromatic N) is 1. The van der Waals surface area contributed by atoms with Crippen molar-refractivity contribution in [2.45, 2.75) is 12.8 Å². The molecule has 0 fully saturated rings. The third-order valence-corrected chi connectivity index (χ3v) is 7.66. The van der Waals surface area contributed by atoms with Crippen molar-refractivity contribution in [2.75, 3.05) is 18.4 Å². The summed E-state index contributed by atoms with van der Waals surface area (Å²) in [4.78, 5) is 35.0. The van der Waals surface area contributed by atoms with Gasteiger partial charge in [0.25, 0.3) is 11.8 Å². The lowest BCUT2D eigenvalue weighted by molar-refractivity contribution is 0.0612. The van der Waals surface area contributed by atoms with Gasteiger partial charge in [0.05, 0.1) is 0 Å². The molecule has 6 aromatic rings. The van der Waals surface area contributed by atoms with E-state index in [1.165, 1.54) is 15.8 Å². The van der Waals surface area contributed by atoms with Gasteiger partial charge >= 0.3 is 0 Å². The van der Waals surface area contributed by atoms with E-state index in [2.05, 4.69) is 45.7 Å². The average Bonchev–Trinajstić information content (AvgIpc) is 3.56. The smallest absolute Gasteiger partial charge is 0.261 e. The molecule has 0 unspecified atom stereocenters. The Morgan fingerprint density at radius 3 is 1.95 bits per heavy atom. The van der Waals surface area contributed by atoms with Crippen LogP contribution >= 0.6 is 0 Å². The molecular weight excluding hydrogens is 472 g/mol. The van der Waals surface area contributed by atoms with Crippen LogP contribution < -0.4 is 5.32 Å². The first kappa shape index (κ1) is 22.4. The van der Waals surface area contributed by atoms with Gasteiger partial charge in [0.15, 0.2) is 0 Å². The van der Waals surface area contributed by atoms with Crippen LogP contribution in [0.5, 0.6) is 0 Å². The van der Waals surface area contributed by atoms with Crippen molar-refractivity contribution < 1.29 is 9.59 Å². The molecule has 2 amide bonds. The van der Waals surface area contributed by atoms with E-state index in [-0.39, 0.29) is 11.8 Å². The molecule has 4 aromatic carbocycles. The second kappa shape index (κ2) is 8.92. The zero-order valence-electron chi connectivity index (χ0n) is 20.8. The van der Waals surface area contributed by atoms with E-state index in [1.54, 1.807) is 0 Å². The van der Waals surface area contributed by atoms with E-state index in [4.69, 9.17) is 0 Å². The van der Waals surface area contributed by atoms with Crippen molar-refractivity contribution in [3.05, 3.63) is 114 Å². The van der Waals surface area contributed by atoms with Gasteiger partial charge in [0, 0.05) is 74.9 Å². The third-order valence-electron chi connectivity index (χ3n) is 7.66. The van der Waals surface area contributed by atoms with E-state index in [1.807, 2.05) is 60.8 Å². The van der Waals surface area contributed by atoms with Crippen molar-refractivity contribution in [1.82, 2.24) is 14.9 Å². The van der Waals surface area contributed by atoms with Gasteiger partial charge in [0.2, 0.25) is 0 Å². The fourth-order valence-electron chi connectivity index (χ4n) is 5.74. The highest BCUT2D eigenvalue weighted by Gasteiger charge is 2.33. The molecule has 38 heavy (non-hydrogen) atoms. The highest BCUT2D eigenvalue weighted by molar-refractivity contribution is 6.26. The number of benzene rings is 4. The van der Waals surface area contributed by atoms with Gasteiger partial charge in [-0.3, -0.25) is 14.5 Å². The SMILES string of the molecule is O=C1c2cccc3c(NCCc4c[nH]c5ccccc45)ccc(c23)C(=O)N1CCc1c[nH]c2ccccc12. The predicted molar refractivity (Wildman–Crippen MR) is 152 cm³/mol. The van der Waals surface area contributed by atoms with Crippen LogP contribution in [0.4, 0.5) is 5.69 Å². The van der Waals surface area contributed by atoms with Gasteiger partial charge in [-0.1, -0.05) is 48.5 Å². The molecule has 6 nitrogen and oxygen atoms in total. The number of para-hydroxylation sites is 2. The summed E-state index contributed by atoms with van der Waals surface area (Å²) in [6, 6.07) is 25.9. The monoisotopic (exact) mass is 498 g/mol. The molecule has 1 aliphatic heterocycles. The minimum absolute atomic E-state index is 0.233. The van der Waals surface area contributed by atoms with Gasteiger partial charge in [-0.25, -0.2) is 0 Å². The van der Waals surface area contributed by atoms with E-state index in [0.717, 1.165) is 51.4 Å². The molecule has 6 heteroatoms. The van der Waals surface area contributed by atoms with E-state index < -0.39 is 0 Å². The Bertz CT molecular complexity index is 1840. The number of imide groups is 1. The molecule has 0 saturated carbocycles. The number of fused-ring (bicyclic) bond motifs is 2. The summed E-state index contributed by atoms with van der Waals surface area (Å²) in [6.07, 6.45) is 5.48. The fraction of sp³-hybridized carbons (Fsp3) is 0.125. The minimum atomic E-state index is -0.233. The van der Waals surface area contributed by atoms with Crippen molar-refractivity contribution in [3.8, 4) is 0 Å². The van der Waals surface area contributed by atoms with Gasteiger partial charge < -0.3 is 15.3 Å². The predicted octanol–water partition coefficient (Wildman–Crippen LogP) is 6.30. The van der Waals surface area contributed by atoms with Crippen LogP contribution in [-0.4, -0.2) is 39.8 Å². The lowest BCUT2D eigenvalue weighted by atomic mass is 9.92. The van der Waals surface area contributed by atoms with Gasteiger partial charge in [-0.05, 0) is 54.3 Å². The van der Waals surface area contributed by atoms with Crippen LogP contribution in [0, 0.1) is 0 Å². The number of carbonyl (C=O) groups is 2. The maximum absolute atomic E-state index is 13.5. The number of aromatic amines is 2. The number of nitrogens with one attached hydrogen (secondary N) is 3. The third kappa shape index (κ3) is 3.57. The van der Waals surface area contributed by atoms with Crippen molar-refractivity contribution >= 4 is 50.1 Å². The van der Waals surface area contributed by atoms with E-state index in [0.29, 0.717) is 24.1 Å². The first-order valence-electron chi connectivity index (χ1n) is 12.9. The Morgan fingerprint density at radius 1 is 0.632 bits per heavy atom. The van der Waals surface area contributed by atoms with Crippen LogP contribution in [0.25, 0.3) is 32.6 Å². The summed E-state index contributed by atoms with van der Waals surface area (Å²) < 4.78 is 0. The number of aromatic nitrogens is 2. The normalized spacial score (nSPS) is 13.2. The van der Waals surface area contributed by atoms with Crippen LogP contribution in [0.2, 0.25) is 0 Å². The summed E-state index contributed by atoms with van der Waals surface area (Å²) in [6.45, 7) is 1.07. The maximum Gasteiger partial charge on any atom is 0.261 e. The number of hydrogen-bond acceptors (Lipinski definition) is 3. The average molecular weight is 499 g/mol. The molecule has 0 radical (unpaired) electrons. The molecule has 0 spiro atoms. The first-order valence-corrected chi connectivity index (χ1v) is 12.9. The van der Waals surface area contributed by atoms with E-state index >= 15 is 0 Å². The molecule has 0 atom stereocenters. The Morgan fingerprint density at radius 2 is 1.24 bits per heavy atom. The fourth-order valence-corrected chi connectivity index (χ4v) is 5.74. The zero-order chi connectivity index (χ0) is 25.6. The summed E-state index contributed by atoms with van der Waals surface area (Å²) in [5.74, 6) is -0.465. The van der Waals surface area contributed by atoms with Crippen molar-refractivity contribution in [3.63, 3.8) is 0 Å². The first-order chi connectivity index (χ1) is 18.7. The Hall–Kier alpha value is -4.84. The van der Waals surface area contributed by atoms with Crippen molar-refractivity contribution in [1.29, 1.82) is 0 Å². The Balaban J connectivity index is 1.13. The molecule has 2 aromatic heterocycles. The lowest BCUT2D eigenvalue weighted by Crippen LogP contribution is -2.41. The molecule has 0 saturated heterocycles. The molecule has 1 aliphatic rings. The van der Waals surface area contributed by atoms with E-state index in [9.17, 15) is 9.59 Å². The maximum atomic E-state index is 13.5. The second-order valence-corrected chi connectivity index (χ2v) is 9.80. The molecule has 186 valence electrons. The number of hydrogen-bond donors (Lipinski definition) is 3. The number of amides is 2. The topological polar surface area (TPSA) is 81.0 Å². The quantitative estimate of drug-likeness (QED) is 0.226. The van der Waals surface area contributed by atoms with Gasteiger partial charge in [0.1, 0.15) is 0 Å². The molecule has 0 aliphatic carbocycles. The van der Waals surface area contributed by atoms with Crippen molar-refractivity contribution in [2.24, 2.45) is 0 Å². The number of H-pyrrole nitrogens is 2. The summed E-state index contributed by atoms with van der Waals surface area (Å²) in [5.41, 5.74) is 6.63. The molecular formula is C32H26N4O2. The molecule has 3 N–H and O–H groups in total. The summed E-state index contributed by atoms with van der Waals surface area (Å²) in [7, 11) is 0. The summed E-state index contributed by atoms with van der Waals surface area (Å²) >= 11 is 0. The number of carbonyl (C=O) groups excluding carboxylic acids is 2. The highest BCUT2D eigenvalue weighted by atomic mass is 16.2. The van der Waals surface area contributed by atoms with Gasteiger partial charge in [-0.2, -0.15) is 0 Å². The second-order valence-electron chi connectivity index (χ2n) is 9.80. The molecule has 0 bridgehead atoms. The van der Waals surface area contributed by atoms with Crippen LogP contribution in [0.3, 0.4) is 0 Å². The standard InChI is InChI=1S/C32H26N4O2/c37-31-25-9-5-8-24-29(33-16-14-20-18-34-27-10-3-1-6-22(20)27)13-12-26(30(24)25)32(38)36(31)17-15-21-19-35-28-11-4-2-7-23(21)28/h1-13,18-19,33-35H,14-17H2. The largest absolute Gasteiger partial charge is 0.384 e. The lowest BCUT2D eigenvalue weighted by Gasteiger charge is -2.28. The number of anilines is 1.